The van der Waals surface area contributed by atoms with Crippen LogP contribution in [0.3, 0.4) is 0 Å². The molecule has 1 heterocycles. The van der Waals surface area contributed by atoms with E-state index in [1.54, 1.807) is 30.5 Å². The van der Waals surface area contributed by atoms with Crippen LogP contribution in [0, 0.1) is 0 Å². The molecule has 1 amide bonds. The van der Waals surface area contributed by atoms with Crippen LogP contribution in [0.15, 0.2) is 73.6 Å². The molecule has 1 atom stereocenters. The van der Waals surface area contributed by atoms with Crippen LogP contribution >= 0.6 is 0 Å². The van der Waals surface area contributed by atoms with Crippen molar-refractivity contribution in [3.63, 3.8) is 0 Å². The number of benzene rings is 1. The van der Waals surface area contributed by atoms with Gasteiger partial charge in [-0.2, -0.15) is 0 Å². The van der Waals surface area contributed by atoms with Crippen molar-refractivity contribution in [2.24, 2.45) is 0 Å². The van der Waals surface area contributed by atoms with Gasteiger partial charge < -0.3 is 0 Å². The Kier molecular flexibility index (Phi) is 5.37. The van der Waals surface area contributed by atoms with Crippen molar-refractivity contribution in [3.8, 4) is 0 Å². The third-order valence-corrected chi connectivity index (χ3v) is 3.03. The average Bonchev–Trinajstić information content (AvgIpc) is 2.59. The maximum absolute atomic E-state index is 12.3. The van der Waals surface area contributed by atoms with Gasteiger partial charge in [0.05, 0.1) is 5.69 Å². The Morgan fingerprint density at radius 1 is 1.18 bits per heavy atom. The standard InChI is InChI=1S/C18H15N2O2/c1-2-20(17(14-21)16-10-6-7-13-19-16)18(22)12-11-15-8-4-3-5-9-15/h2-13,17H,1H2. The summed E-state index contributed by atoms with van der Waals surface area (Å²) in [7, 11) is 0. The van der Waals surface area contributed by atoms with Crippen molar-refractivity contribution < 1.29 is 9.59 Å². The summed E-state index contributed by atoms with van der Waals surface area (Å²) in [6, 6.07) is 13.7. The Labute approximate surface area is 129 Å². The Bertz CT molecular complexity index is 666. The van der Waals surface area contributed by atoms with E-state index in [9.17, 15) is 9.59 Å². The molecule has 1 aromatic carbocycles. The first-order valence-corrected chi connectivity index (χ1v) is 6.73. The van der Waals surface area contributed by atoms with Gasteiger partial charge in [-0.15, -0.1) is 0 Å². The number of carbonyl (C=O) groups is 1. The molecule has 0 aliphatic heterocycles. The molecule has 1 aromatic heterocycles. The van der Waals surface area contributed by atoms with E-state index in [-0.39, 0.29) is 5.91 Å². The lowest BCUT2D eigenvalue weighted by Gasteiger charge is -2.21. The van der Waals surface area contributed by atoms with Crippen molar-refractivity contribution >= 4 is 18.3 Å². The Morgan fingerprint density at radius 2 is 1.91 bits per heavy atom. The minimum Gasteiger partial charge on any atom is -0.299 e. The summed E-state index contributed by atoms with van der Waals surface area (Å²) in [5, 5.41) is 0. The summed E-state index contributed by atoms with van der Waals surface area (Å²) in [6.07, 6.45) is 7.78. The Morgan fingerprint density at radius 3 is 2.50 bits per heavy atom. The summed E-state index contributed by atoms with van der Waals surface area (Å²) < 4.78 is 0. The van der Waals surface area contributed by atoms with Crippen LogP contribution in [0.4, 0.5) is 0 Å². The van der Waals surface area contributed by atoms with Gasteiger partial charge in [0, 0.05) is 18.5 Å². The van der Waals surface area contributed by atoms with E-state index in [0.29, 0.717) is 5.69 Å². The van der Waals surface area contributed by atoms with Crippen molar-refractivity contribution in [2.45, 2.75) is 6.04 Å². The van der Waals surface area contributed by atoms with Crippen molar-refractivity contribution in [3.05, 3.63) is 84.8 Å². The second kappa shape index (κ2) is 7.69. The number of pyridine rings is 1. The topological polar surface area (TPSA) is 50.3 Å². The third kappa shape index (κ3) is 3.76. The molecule has 0 spiro atoms. The molecule has 0 saturated carbocycles. The fourth-order valence-electron chi connectivity index (χ4n) is 1.94. The van der Waals surface area contributed by atoms with Gasteiger partial charge in [0.15, 0.2) is 0 Å². The van der Waals surface area contributed by atoms with E-state index in [1.165, 1.54) is 17.2 Å². The van der Waals surface area contributed by atoms with Gasteiger partial charge in [-0.05, 0) is 23.8 Å². The lowest BCUT2D eigenvalue weighted by Crippen LogP contribution is -2.30. The van der Waals surface area contributed by atoms with Gasteiger partial charge >= 0.3 is 0 Å². The lowest BCUT2D eigenvalue weighted by atomic mass is 10.1. The number of aromatic nitrogens is 1. The summed E-state index contributed by atoms with van der Waals surface area (Å²) in [4.78, 5) is 28.8. The number of carbonyl (C=O) groups excluding carboxylic acids is 2. The first kappa shape index (κ1) is 15.4. The monoisotopic (exact) mass is 291 g/mol. The number of hydrogen-bond acceptors (Lipinski definition) is 3. The molecule has 2 aromatic rings. The molecular weight excluding hydrogens is 276 g/mol. The van der Waals surface area contributed by atoms with E-state index < -0.39 is 6.04 Å². The zero-order chi connectivity index (χ0) is 15.8. The highest BCUT2D eigenvalue weighted by Crippen LogP contribution is 2.17. The minimum atomic E-state index is -0.911. The van der Waals surface area contributed by atoms with Gasteiger partial charge in [-0.25, -0.2) is 0 Å². The molecule has 2 rings (SSSR count). The van der Waals surface area contributed by atoms with Crippen LogP contribution in [-0.2, 0) is 9.59 Å². The van der Waals surface area contributed by atoms with Crippen LogP contribution in [0.5, 0.6) is 0 Å². The number of amides is 1. The van der Waals surface area contributed by atoms with Gasteiger partial charge in [0.2, 0.25) is 6.29 Å². The SMILES string of the molecule is C=CN(C(=O)C=Cc1ccccc1)C([C]=O)c1ccccn1. The predicted molar refractivity (Wildman–Crippen MR) is 85.2 cm³/mol. The largest absolute Gasteiger partial charge is 0.299 e. The number of rotatable bonds is 6. The van der Waals surface area contributed by atoms with Crippen LogP contribution in [-0.4, -0.2) is 22.1 Å². The molecule has 0 saturated heterocycles. The van der Waals surface area contributed by atoms with Crippen LogP contribution in [0.2, 0.25) is 0 Å². The maximum Gasteiger partial charge on any atom is 0.251 e. The second-order valence-corrected chi connectivity index (χ2v) is 4.45. The highest BCUT2D eigenvalue weighted by atomic mass is 16.2. The van der Waals surface area contributed by atoms with Gasteiger partial charge in [-0.1, -0.05) is 43.0 Å². The van der Waals surface area contributed by atoms with E-state index >= 15 is 0 Å². The molecule has 0 fully saturated rings. The van der Waals surface area contributed by atoms with Crippen LogP contribution < -0.4 is 0 Å². The molecule has 1 unspecified atom stereocenters. The molecule has 0 aliphatic carbocycles. The Hall–Kier alpha value is -3.01. The van der Waals surface area contributed by atoms with Crippen molar-refractivity contribution in [1.29, 1.82) is 0 Å². The van der Waals surface area contributed by atoms with Crippen molar-refractivity contribution in [1.82, 2.24) is 9.88 Å². The average molecular weight is 291 g/mol. The molecule has 0 bridgehead atoms. The van der Waals surface area contributed by atoms with Gasteiger partial charge in [0.25, 0.3) is 5.91 Å². The summed E-state index contributed by atoms with van der Waals surface area (Å²) in [5.41, 5.74) is 1.34. The summed E-state index contributed by atoms with van der Waals surface area (Å²) in [6.45, 7) is 3.60. The van der Waals surface area contributed by atoms with Crippen molar-refractivity contribution in [2.75, 3.05) is 0 Å². The normalized spacial score (nSPS) is 11.8. The number of nitrogens with zero attached hydrogens (tertiary/aromatic N) is 2. The predicted octanol–water partition coefficient (Wildman–Crippen LogP) is 2.92. The lowest BCUT2D eigenvalue weighted by molar-refractivity contribution is -0.124. The molecule has 4 nitrogen and oxygen atoms in total. The highest BCUT2D eigenvalue weighted by Gasteiger charge is 2.22. The first-order valence-electron chi connectivity index (χ1n) is 6.73. The summed E-state index contributed by atoms with van der Waals surface area (Å²) >= 11 is 0. The van der Waals surface area contributed by atoms with Crippen LogP contribution in [0.25, 0.3) is 6.08 Å². The van der Waals surface area contributed by atoms with Crippen LogP contribution in [0.1, 0.15) is 17.3 Å². The molecule has 4 heteroatoms. The zero-order valence-corrected chi connectivity index (χ0v) is 11.9. The fourth-order valence-corrected chi connectivity index (χ4v) is 1.94. The zero-order valence-electron chi connectivity index (χ0n) is 11.9. The van der Waals surface area contributed by atoms with E-state index in [1.807, 2.05) is 36.6 Å². The highest BCUT2D eigenvalue weighted by molar-refractivity contribution is 5.94. The molecule has 1 radical (unpaired) electrons. The minimum absolute atomic E-state index is 0.363. The van der Waals surface area contributed by atoms with Gasteiger partial charge in [0.1, 0.15) is 6.04 Å². The molecule has 109 valence electrons. The first-order chi connectivity index (χ1) is 10.8. The van der Waals surface area contributed by atoms with E-state index in [0.717, 1.165) is 5.56 Å². The molecule has 0 aliphatic rings. The second-order valence-electron chi connectivity index (χ2n) is 4.45. The fraction of sp³-hybridized carbons (Fsp3) is 0.0556. The quantitative estimate of drug-likeness (QED) is 0.769. The molecule has 22 heavy (non-hydrogen) atoms. The summed E-state index contributed by atoms with van der Waals surface area (Å²) in [5.74, 6) is -0.363. The smallest absolute Gasteiger partial charge is 0.251 e. The van der Waals surface area contributed by atoms with E-state index in [2.05, 4.69) is 11.6 Å². The third-order valence-electron chi connectivity index (χ3n) is 3.03. The van der Waals surface area contributed by atoms with Gasteiger partial charge in [-0.3, -0.25) is 19.5 Å². The maximum atomic E-state index is 12.3. The van der Waals surface area contributed by atoms with E-state index in [4.69, 9.17) is 0 Å². The number of hydrogen-bond donors (Lipinski definition) is 0. The Balaban J connectivity index is 2.19. The molecule has 0 N–H and O–H groups in total. The molecular formula is C18H15N2O2.